The highest BCUT2D eigenvalue weighted by Gasteiger charge is 2.21. The number of carbonyl (C=O) groups excluding carboxylic acids is 1. The number of rotatable bonds is 3. The molecule has 2 aromatic heterocycles. The normalized spacial score (nSPS) is 13.6. The van der Waals surface area contributed by atoms with Crippen LogP contribution in [0.4, 0.5) is 0 Å². The van der Waals surface area contributed by atoms with Crippen LogP contribution in [-0.4, -0.2) is 56.2 Å². The fraction of sp³-hybridized carbons (Fsp3) is 0.300. The molecule has 0 amide bonds. The summed E-state index contributed by atoms with van der Waals surface area (Å²) < 4.78 is 21.6. The maximum atomic E-state index is 12.1. The van der Waals surface area contributed by atoms with Crippen molar-refractivity contribution in [2.24, 2.45) is 0 Å². The Labute approximate surface area is 157 Å². The Hall–Kier alpha value is -2.90. The second kappa shape index (κ2) is 9.16. The van der Waals surface area contributed by atoms with Gasteiger partial charge in [0.1, 0.15) is 17.0 Å². The summed E-state index contributed by atoms with van der Waals surface area (Å²) in [5, 5.41) is 4.50. The maximum Gasteiger partial charge on any atom is 0.342 e. The Kier molecular flexibility index (Phi) is 6.40. The zero-order chi connectivity index (χ0) is 19.1. The molecule has 1 aliphatic rings. The zero-order valence-electron chi connectivity index (χ0n) is 15.4. The van der Waals surface area contributed by atoms with Gasteiger partial charge in [-0.1, -0.05) is 30.3 Å². The van der Waals surface area contributed by atoms with Gasteiger partial charge in [0.25, 0.3) is 0 Å². The standard InChI is InChI=1S/C16H14N2O3.C4H8O2/c1-20-12-8-9-13-14(16(19)21-2)15(17-18(13)10-12)11-6-4-3-5-7-11;1-2-6-4-3-5-1/h3-10H,1-2H3;1-4H2. The lowest BCUT2D eigenvalue weighted by Crippen LogP contribution is -2.16. The number of hydrogen-bond donors (Lipinski definition) is 0. The number of carbonyl (C=O) groups is 1. The SMILES string of the molecule is C1COCCO1.COC(=O)c1c(-c2ccccc2)nn2cc(OC)ccc12. The van der Waals surface area contributed by atoms with Gasteiger partial charge >= 0.3 is 5.97 Å². The fourth-order valence-electron chi connectivity index (χ4n) is 2.69. The molecule has 0 aliphatic carbocycles. The van der Waals surface area contributed by atoms with E-state index in [1.165, 1.54) is 7.11 Å². The quantitative estimate of drug-likeness (QED) is 0.660. The molecule has 142 valence electrons. The van der Waals surface area contributed by atoms with E-state index in [-0.39, 0.29) is 0 Å². The highest BCUT2D eigenvalue weighted by molar-refractivity contribution is 6.03. The van der Waals surface area contributed by atoms with Crippen LogP contribution in [0, 0.1) is 0 Å². The molecule has 0 N–H and O–H groups in total. The molecule has 1 aromatic carbocycles. The van der Waals surface area contributed by atoms with Crippen LogP contribution in [0.3, 0.4) is 0 Å². The molecule has 0 radical (unpaired) electrons. The first-order chi connectivity index (χ1) is 13.2. The summed E-state index contributed by atoms with van der Waals surface area (Å²) in [4.78, 5) is 12.1. The Morgan fingerprint density at radius 2 is 1.67 bits per heavy atom. The summed E-state index contributed by atoms with van der Waals surface area (Å²) in [7, 11) is 2.95. The van der Waals surface area contributed by atoms with E-state index < -0.39 is 5.97 Å². The molecule has 7 heteroatoms. The van der Waals surface area contributed by atoms with Crippen molar-refractivity contribution in [3.63, 3.8) is 0 Å². The molecule has 1 saturated heterocycles. The van der Waals surface area contributed by atoms with Crippen LogP contribution in [0.1, 0.15) is 10.4 Å². The van der Waals surface area contributed by atoms with Crippen LogP contribution < -0.4 is 4.74 Å². The number of aromatic nitrogens is 2. The Balaban J connectivity index is 0.000000299. The first-order valence-corrected chi connectivity index (χ1v) is 8.60. The van der Waals surface area contributed by atoms with Gasteiger partial charge in [-0.25, -0.2) is 9.31 Å². The molecule has 0 atom stereocenters. The molecular formula is C20H22N2O5. The molecule has 0 saturated carbocycles. The van der Waals surface area contributed by atoms with Crippen LogP contribution in [0.5, 0.6) is 5.75 Å². The smallest absolute Gasteiger partial charge is 0.342 e. The van der Waals surface area contributed by atoms with Crippen molar-refractivity contribution in [3.05, 3.63) is 54.2 Å². The summed E-state index contributed by atoms with van der Waals surface area (Å²) in [6.07, 6.45) is 1.73. The summed E-state index contributed by atoms with van der Waals surface area (Å²) in [6.45, 7) is 3.11. The Morgan fingerprint density at radius 3 is 2.22 bits per heavy atom. The molecule has 0 unspecified atom stereocenters. The monoisotopic (exact) mass is 370 g/mol. The van der Waals surface area contributed by atoms with Gasteiger partial charge < -0.3 is 18.9 Å². The zero-order valence-corrected chi connectivity index (χ0v) is 15.4. The first-order valence-electron chi connectivity index (χ1n) is 8.60. The van der Waals surface area contributed by atoms with Crippen molar-refractivity contribution in [2.45, 2.75) is 0 Å². The van der Waals surface area contributed by atoms with E-state index in [0.717, 1.165) is 32.0 Å². The Morgan fingerprint density at radius 1 is 1.00 bits per heavy atom. The number of fused-ring (bicyclic) bond motifs is 1. The number of pyridine rings is 1. The number of methoxy groups -OCH3 is 2. The third kappa shape index (κ3) is 4.45. The van der Waals surface area contributed by atoms with Crippen molar-refractivity contribution < 1.29 is 23.7 Å². The van der Waals surface area contributed by atoms with Crippen molar-refractivity contribution >= 4 is 11.5 Å². The number of benzene rings is 1. The van der Waals surface area contributed by atoms with Crippen LogP contribution in [0.15, 0.2) is 48.7 Å². The molecule has 1 aliphatic heterocycles. The highest BCUT2D eigenvalue weighted by Crippen LogP contribution is 2.28. The molecule has 27 heavy (non-hydrogen) atoms. The number of hydrogen-bond acceptors (Lipinski definition) is 6. The van der Waals surface area contributed by atoms with E-state index in [1.54, 1.807) is 30.0 Å². The average molecular weight is 370 g/mol. The topological polar surface area (TPSA) is 71.3 Å². The molecule has 4 rings (SSSR count). The highest BCUT2D eigenvalue weighted by atomic mass is 16.6. The van der Waals surface area contributed by atoms with Gasteiger partial charge in [0, 0.05) is 5.56 Å². The van der Waals surface area contributed by atoms with E-state index in [1.807, 2.05) is 30.3 Å². The minimum absolute atomic E-state index is 0.408. The predicted octanol–water partition coefficient (Wildman–Crippen LogP) is 2.83. The predicted molar refractivity (Wildman–Crippen MR) is 100 cm³/mol. The van der Waals surface area contributed by atoms with Crippen LogP contribution in [0.2, 0.25) is 0 Å². The van der Waals surface area contributed by atoms with Crippen LogP contribution >= 0.6 is 0 Å². The Bertz CT molecular complexity index is 877. The maximum absolute atomic E-state index is 12.1. The minimum atomic E-state index is -0.408. The summed E-state index contributed by atoms with van der Waals surface area (Å²) in [5.41, 5.74) is 2.59. The number of nitrogens with zero attached hydrogens (tertiary/aromatic N) is 2. The van der Waals surface area contributed by atoms with E-state index in [0.29, 0.717) is 22.5 Å². The third-order valence-corrected chi connectivity index (χ3v) is 4.02. The second-order valence-electron chi connectivity index (χ2n) is 5.70. The average Bonchev–Trinajstić information content (AvgIpc) is 3.14. The first kappa shape index (κ1) is 18.9. The molecule has 7 nitrogen and oxygen atoms in total. The van der Waals surface area contributed by atoms with Gasteiger partial charge in [-0.2, -0.15) is 5.10 Å². The number of ether oxygens (including phenoxy) is 4. The minimum Gasteiger partial charge on any atom is -0.495 e. The van der Waals surface area contributed by atoms with Crippen LogP contribution in [0.25, 0.3) is 16.8 Å². The van der Waals surface area contributed by atoms with Gasteiger partial charge in [-0.05, 0) is 12.1 Å². The molecule has 3 heterocycles. The van der Waals surface area contributed by atoms with Crippen molar-refractivity contribution in [2.75, 3.05) is 40.6 Å². The van der Waals surface area contributed by atoms with Crippen molar-refractivity contribution in [3.8, 4) is 17.0 Å². The molecule has 0 bridgehead atoms. The fourth-order valence-corrected chi connectivity index (χ4v) is 2.69. The van der Waals surface area contributed by atoms with E-state index in [9.17, 15) is 4.79 Å². The summed E-state index contributed by atoms with van der Waals surface area (Å²) in [6, 6.07) is 13.1. The summed E-state index contributed by atoms with van der Waals surface area (Å²) >= 11 is 0. The van der Waals surface area contributed by atoms with Gasteiger partial charge in [0.2, 0.25) is 0 Å². The molecule has 3 aromatic rings. The van der Waals surface area contributed by atoms with E-state index in [2.05, 4.69) is 5.10 Å². The largest absolute Gasteiger partial charge is 0.495 e. The van der Waals surface area contributed by atoms with Crippen molar-refractivity contribution in [1.29, 1.82) is 0 Å². The van der Waals surface area contributed by atoms with Crippen molar-refractivity contribution in [1.82, 2.24) is 9.61 Å². The van der Waals surface area contributed by atoms with E-state index in [4.69, 9.17) is 18.9 Å². The van der Waals surface area contributed by atoms with Gasteiger partial charge in [0.15, 0.2) is 0 Å². The second-order valence-corrected chi connectivity index (χ2v) is 5.70. The van der Waals surface area contributed by atoms with Gasteiger partial charge in [-0.15, -0.1) is 0 Å². The lowest BCUT2D eigenvalue weighted by molar-refractivity contribution is -0.0334. The molecule has 0 spiro atoms. The van der Waals surface area contributed by atoms with Gasteiger partial charge in [0.05, 0.1) is 52.4 Å². The molecular weight excluding hydrogens is 348 g/mol. The van der Waals surface area contributed by atoms with Gasteiger partial charge in [-0.3, -0.25) is 0 Å². The van der Waals surface area contributed by atoms with Crippen LogP contribution in [-0.2, 0) is 14.2 Å². The van der Waals surface area contributed by atoms with E-state index >= 15 is 0 Å². The third-order valence-electron chi connectivity index (χ3n) is 4.02. The lowest BCUT2D eigenvalue weighted by atomic mass is 10.1. The number of esters is 1. The summed E-state index contributed by atoms with van der Waals surface area (Å²) in [5.74, 6) is 0.259. The lowest BCUT2D eigenvalue weighted by Gasteiger charge is -2.09. The molecule has 1 fully saturated rings.